The van der Waals surface area contributed by atoms with Crippen LogP contribution in [-0.2, 0) is 5.54 Å². The molecular weight excluding hydrogens is 378 g/mol. The lowest BCUT2D eigenvalue weighted by molar-refractivity contribution is -0.00822. The fourth-order valence-electron chi connectivity index (χ4n) is 6.56. The molecule has 2 aromatic carbocycles. The molecule has 2 saturated heterocycles. The summed E-state index contributed by atoms with van der Waals surface area (Å²) < 4.78 is 27.1. The van der Waals surface area contributed by atoms with Crippen LogP contribution in [0.5, 0.6) is 0 Å². The molecule has 3 aliphatic rings. The van der Waals surface area contributed by atoms with E-state index >= 15 is 0 Å². The van der Waals surface area contributed by atoms with E-state index in [-0.39, 0.29) is 22.6 Å². The summed E-state index contributed by atoms with van der Waals surface area (Å²) in [6, 6.07) is 14.4. The SMILES string of the molecule is Fc1ccc(C2CNCC23CCN(C2(c4ccc(F)cc4)CCCCC2)CC3)cc1. The number of hydrogen-bond acceptors (Lipinski definition) is 2. The maximum Gasteiger partial charge on any atom is 0.123 e. The van der Waals surface area contributed by atoms with Crippen LogP contribution in [0.1, 0.15) is 62.0 Å². The third-order valence-electron chi connectivity index (χ3n) is 8.26. The minimum atomic E-state index is -0.160. The van der Waals surface area contributed by atoms with Crippen LogP contribution >= 0.6 is 0 Å². The highest BCUT2D eigenvalue weighted by Gasteiger charge is 2.49. The lowest BCUT2D eigenvalue weighted by Gasteiger charge is -2.52. The van der Waals surface area contributed by atoms with Crippen LogP contribution in [-0.4, -0.2) is 31.1 Å². The van der Waals surface area contributed by atoms with E-state index in [2.05, 4.69) is 10.2 Å². The van der Waals surface area contributed by atoms with Gasteiger partial charge in [-0.3, -0.25) is 4.90 Å². The zero-order valence-electron chi connectivity index (χ0n) is 17.7. The van der Waals surface area contributed by atoms with Gasteiger partial charge in [-0.25, -0.2) is 8.78 Å². The third kappa shape index (κ3) is 3.48. The quantitative estimate of drug-likeness (QED) is 0.709. The van der Waals surface area contributed by atoms with E-state index in [9.17, 15) is 8.78 Å². The standard InChI is InChI=1S/C26H32F2N2/c27-22-8-4-20(5-9-22)24-18-29-19-25(24)14-16-30(17-15-25)26(12-2-1-3-13-26)21-6-10-23(28)11-7-21/h4-11,24,29H,1-3,12-19H2. The average Bonchev–Trinajstić information content (AvgIpc) is 3.18. The number of likely N-dealkylation sites (tertiary alicyclic amines) is 1. The molecule has 3 fully saturated rings. The van der Waals surface area contributed by atoms with Gasteiger partial charge in [0.15, 0.2) is 0 Å². The van der Waals surface area contributed by atoms with Gasteiger partial charge in [0.1, 0.15) is 11.6 Å². The molecule has 2 heterocycles. The lowest BCUT2D eigenvalue weighted by Crippen LogP contribution is -2.54. The second-order valence-electron chi connectivity index (χ2n) is 9.68. The number of rotatable bonds is 3. The second-order valence-corrected chi connectivity index (χ2v) is 9.68. The topological polar surface area (TPSA) is 15.3 Å². The first-order valence-electron chi connectivity index (χ1n) is 11.6. The van der Waals surface area contributed by atoms with E-state index in [0.717, 1.165) is 39.0 Å². The second kappa shape index (κ2) is 8.05. The van der Waals surface area contributed by atoms with Crippen molar-refractivity contribution in [3.63, 3.8) is 0 Å². The fourth-order valence-corrected chi connectivity index (χ4v) is 6.56. The molecule has 4 heteroatoms. The predicted molar refractivity (Wildman–Crippen MR) is 116 cm³/mol. The highest BCUT2D eigenvalue weighted by Crippen LogP contribution is 2.51. The van der Waals surface area contributed by atoms with Gasteiger partial charge in [-0.1, -0.05) is 43.5 Å². The Balaban J connectivity index is 1.38. The number of benzene rings is 2. The maximum atomic E-state index is 13.6. The predicted octanol–water partition coefficient (Wildman–Crippen LogP) is 5.59. The molecule has 2 nitrogen and oxygen atoms in total. The fraction of sp³-hybridized carbons (Fsp3) is 0.538. The number of piperidine rings is 1. The molecule has 1 spiro atoms. The molecule has 1 saturated carbocycles. The number of nitrogens with zero attached hydrogens (tertiary/aromatic N) is 1. The van der Waals surface area contributed by atoms with Gasteiger partial charge in [0, 0.05) is 24.5 Å². The monoisotopic (exact) mass is 410 g/mol. The van der Waals surface area contributed by atoms with Crippen LogP contribution in [0, 0.1) is 17.0 Å². The lowest BCUT2D eigenvalue weighted by atomic mass is 9.66. The van der Waals surface area contributed by atoms with Crippen molar-refractivity contribution in [2.24, 2.45) is 5.41 Å². The summed E-state index contributed by atoms with van der Waals surface area (Å²) in [6.45, 7) is 4.19. The van der Waals surface area contributed by atoms with E-state index in [1.54, 1.807) is 24.3 Å². The van der Waals surface area contributed by atoms with Gasteiger partial charge in [0.25, 0.3) is 0 Å². The van der Waals surface area contributed by atoms with Crippen molar-refractivity contribution >= 4 is 0 Å². The Morgan fingerprint density at radius 1 is 0.767 bits per heavy atom. The van der Waals surface area contributed by atoms with E-state index in [0.29, 0.717) is 5.92 Å². The van der Waals surface area contributed by atoms with Crippen LogP contribution in [0.3, 0.4) is 0 Å². The normalized spacial score (nSPS) is 26.1. The first-order chi connectivity index (χ1) is 14.6. The highest BCUT2D eigenvalue weighted by atomic mass is 19.1. The van der Waals surface area contributed by atoms with Gasteiger partial charge < -0.3 is 5.32 Å². The van der Waals surface area contributed by atoms with E-state index < -0.39 is 0 Å². The number of nitrogens with one attached hydrogen (secondary N) is 1. The molecular formula is C26H32F2N2. The zero-order chi connectivity index (χ0) is 20.6. The summed E-state index contributed by atoms with van der Waals surface area (Å²) in [5.74, 6) is 0.141. The van der Waals surface area contributed by atoms with Crippen LogP contribution in [0.4, 0.5) is 8.78 Å². The van der Waals surface area contributed by atoms with Crippen LogP contribution in [0.25, 0.3) is 0 Å². The van der Waals surface area contributed by atoms with Crippen LogP contribution in [0.15, 0.2) is 48.5 Å². The number of halogens is 2. The largest absolute Gasteiger partial charge is 0.316 e. The van der Waals surface area contributed by atoms with Gasteiger partial charge in [0.2, 0.25) is 0 Å². The van der Waals surface area contributed by atoms with Crippen molar-refractivity contribution in [1.29, 1.82) is 0 Å². The first kappa shape index (κ1) is 20.1. The highest BCUT2D eigenvalue weighted by molar-refractivity contribution is 5.28. The third-order valence-corrected chi connectivity index (χ3v) is 8.26. The Hall–Kier alpha value is -1.78. The van der Waals surface area contributed by atoms with Crippen molar-refractivity contribution in [1.82, 2.24) is 10.2 Å². The van der Waals surface area contributed by atoms with Gasteiger partial charge in [-0.05, 0) is 79.6 Å². The van der Waals surface area contributed by atoms with Gasteiger partial charge in [-0.2, -0.15) is 0 Å². The number of hydrogen-bond donors (Lipinski definition) is 1. The first-order valence-corrected chi connectivity index (χ1v) is 11.6. The molecule has 0 bridgehead atoms. The Morgan fingerprint density at radius 2 is 1.37 bits per heavy atom. The summed E-state index contributed by atoms with van der Waals surface area (Å²) in [7, 11) is 0. The van der Waals surface area contributed by atoms with Crippen molar-refractivity contribution in [2.45, 2.75) is 56.4 Å². The summed E-state index contributed by atoms with van der Waals surface area (Å²) in [4.78, 5) is 2.71. The Bertz CT molecular complexity index is 848. The van der Waals surface area contributed by atoms with Crippen LogP contribution < -0.4 is 5.32 Å². The van der Waals surface area contributed by atoms with E-state index in [4.69, 9.17) is 0 Å². The molecule has 0 aromatic heterocycles. The minimum Gasteiger partial charge on any atom is -0.316 e. The molecule has 1 N–H and O–H groups in total. The molecule has 0 amide bonds. The van der Waals surface area contributed by atoms with Crippen molar-refractivity contribution in [2.75, 3.05) is 26.2 Å². The summed E-state index contributed by atoms with van der Waals surface area (Å²) in [5.41, 5.74) is 2.87. The maximum absolute atomic E-state index is 13.6. The van der Waals surface area contributed by atoms with Gasteiger partial charge >= 0.3 is 0 Å². The van der Waals surface area contributed by atoms with E-state index in [1.807, 2.05) is 24.3 Å². The smallest absolute Gasteiger partial charge is 0.123 e. The summed E-state index contributed by atoms with van der Waals surface area (Å²) in [6.07, 6.45) is 8.46. The van der Waals surface area contributed by atoms with Crippen molar-refractivity contribution in [3.05, 3.63) is 71.3 Å². The average molecular weight is 411 g/mol. The van der Waals surface area contributed by atoms with Gasteiger partial charge in [-0.15, -0.1) is 0 Å². The van der Waals surface area contributed by atoms with Crippen LogP contribution in [0.2, 0.25) is 0 Å². The Labute approximate surface area is 178 Å². The molecule has 160 valence electrons. The Morgan fingerprint density at radius 3 is 2.00 bits per heavy atom. The summed E-state index contributed by atoms with van der Waals surface area (Å²) in [5, 5.41) is 3.63. The molecule has 5 rings (SSSR count). The molecule has 0 radical (unpaired) electrons. The Kier molecular flexibility index (Phi) is 5.40. The minimum absolute atomic E-state index is 0.0605. The molecule has 2 aromatic rings. The molecule has 30 heavy (non-hydrogen) atoms. The van der Waals surface area contributed by atoms with E-state index in [1.165, 1.54) is 43.2 Å². The van der Waals surface area contributed by atoms with Crippen molar-refractivity contribution in [3.8, 4) is 0 Å². The van der Waals surface area contributed by atoms with Crippen molar-refractivity contribution < 1.29 is 8.78 Å². The zero-order valence-corrected chi connectivity index (χ0v) is 17.7. The molecule has 1 aliphatic carbocycles. The summed E-state index contributed by atoms with van der Waals surface area (Å²) >= 11 is 0. The van der Waals surface area contributed by atoms with Gasteiger partial charge in [0.05, 0.1) is 0 Å². The molecule has 1 atom stereocenters. The molecule has 2 aliphatic heterocycles. The molecule has 1 unspecified atom stereocenters.